The summed E-state index contributed by atoms with van der Waals surface area (Å²) in [6, 6.07) is 12.4. The van der Waals surface area contributed by atoms with Crippen molar-refractivity contribution in [1.29, 1.82) is 0 Å². The van der Waals surface area contributed by atoms with Crippen molar-refractivity contribution < 1.29 is 9.64 Å². The summed E-state index contributed by atoms with van der Waals surface area (Å²) in [6.07, 6.45) is 0. The van der Waals surface area contributed by atoms with Crippen molar-refractivity contribution in [3.63, 3.8) is 0 Å². The SMILES string of the molecule is COc1ccc([C@@H](CNC(=S)Nc2c(C)cc(C)cc2Cl)[NH+](C)C)cc1. The van der Waals surface area contributed by atoms with Crippen LogP contribution in [-0.2, 0) is 0 Å². The third-order valence-corrected chi connectivity index (χ3v) is 4.90. The Morgan fingerprint density at radius 1 is 1.19 bits per heavy atom. The predicted octanol–water partition coefficient (Wildman–Crippen LogP) is 3.14. The number of aryl methyl sites for hydroxylation is 2. The first-order valence-electron chi connectivity index (χ1n) is 8.57. The van der Waals surface area contributed by atoms with Gasteiger partial charge in [0.1, 0.15) is 11.8 Å². The molecule has 0 aliphatic heterocycles. The number of halogens is 1. The van der Waals surface area contributed by atoms with Crippen molar-refractivity contribution in [2.45, 2.75) is 19.9 Å². The summed E-state index contributed by atoms with van der Waals surface area (Å²) in [5.74, 6) is 0.857. The molecule has 2 aromatic carbocycles. The summed E-state index contributed by atoms with van der Waals surface area (Å²) in [6.45, 7) is 4.76. The van der Waals surface area contributed by atoms with Gasteiger partial charge < -0.3 is 20.3 Å². The van der Waals surface area contributed by atoms with E-state index in [1.807, 2.05) is 32.0 Å². The molecule has 6 heteroatoms. The third-order valence-electron chi connectivity index (χ3n) is 4.35. The fourth-order valence-electron chi connectivity index (χ4n) is 2.92. The van der Waals surface area contributed by atoms with Gasteiger partial charge in [-0.3, -0.25) is 0 Å². The molecule has 4 nitrogen and oxygen atoms in total. The van der Waals surface area contributed by atoms with Crippen molar-refractivity contribution in [3.05, 3.63) is 58.1 Å². The van der Waals surface area contributed by atoms with Crippen LogP contribution in [0.25, 0.3) is 0 Å². The maximum absolute atomic E-state index is 6.35. The molecule has 0 bridgehead atoms. The van der Waals surface area contributed by atoms with Crippen LogP contribution in [0.5, 0.6) is 5.75 Å². The summed E-state index contributed by atoms with van der Waals surface area (Å²) in [7, 11) is 5.94. The number of ether oxygens (including phenoxy) is 1. The molecule has 0 amide bonds. The van der Waals surface area contributed by atoms with Crippen LogP contribution in [0.15, 0.2) is 36.4 Å². The van der Waals surface area contributed by atoms with E-state index in [9.17, 15) is 0 Å². The van der Waals surface area contributed by atoms with E-state index >= 15 is 0 Å². The van der Waals surface area contributed by atoms with Crippen LogP contribution in [0.2, 0.25) is 5.02 Å². The lowest BCUT2D eigenvalue weighted by atomic mass is 10.1. The number of likely N-dealkylation sites (N-methyl/N-ethyl adjacent to an activating group) is 1. The van der Waals surface area contributed by atoms with Gasteiger partial charge in [0, 0.05) is 5.56 Å². The molecule has 3 N–H and O–H groups in total. The minimum atomic E-state index is 0.259. The lowest BCUT2D eigenvalue weighted by molar-refractivity contribution is -0.890. The quantitative estimate of drug-likeness (QED) is 0.660. The molecular weight excluding hydrogens is 366 g/mol. The van der Waals surface area contributed by atoms with Crippen LogP contribution in [0.1, 0.15) is 22.7 Å². The minimum Gasteiger partial charge on any atom is -0.497 e. The molecule has 0 heterocycles. The van der Waals surface area contributed by atoms with Crippen molar-refractivity contribution in [2.24, 2.45) is 0 Å². The number of hydrogen-bond donors (Lipinski definition) is 3. The molecule has 0 aliphatic rings. The Hall–Kier alpha value is -1.82. The highest BCUT2D eigenvalue weighted by molar-refractivity contribution is 7.80. The molecule has 26 heavy (non-hydrogen) atoms. The zero-order valence-corrected chi connectivity index (χ0v) is 17.5. The Labute approximate surface area is 166 Å². The second kappa shape index (κ2) is 9.21. The molecule has 0 saturated carbocycles. The number of quaternary nitrogens is 1. The topological polar surface area (TPSA) is 37.7 Å². The number of rotatable bonds is 6. The number of anilines is 1. The largest absolute Gasteiger partial charge is 0.497 e. The molecule has 2 rings (SSSR count). The first kappa shape index (κ1) is 20.5. The van der Waals surface area contributed by atoms with Gasteiger partial charge in [0.05, 0.1) is 38.5 Å². The van der Waals surface area contributed by atoms with E-state index in [2.05, 4.69) is 42.9 Å². The normalized spacial score (nSPS) is 12.0. The molecule has 0 aliphatic carbocycles. The molecule has 140 valence electrons. The standard InChI is InChI=1S/C20H26ClN3OS/c1-13-10-14(2)19(17(21)11-13)23-20(26)22-12-18(24(3)4)15-6-8-16(25-5)9-7-15/h6-11,18H,12H2,1-5H3,(H2,22,23,26)/p+1/t18-/m1/s1. The Kier molecular flexibility index (Phi) is 7.26. The van der Waals surface area contributed by atoms with Crippen molar-refractivity contribution >= 4 is 34.6 Å². The zero-order valence-electron chi connectivity index (χ0n) is 15.9. The second-order valence-electron chi connectivity index (χ2n) is 6.68. The van der Waals surface area contributed by atoms with Gasteiger partial charge in [0.15, 0.2) is 5.11 Å². The summed E-state index contributed by atoms with van der Waals surface area (Å²) in [5, 5.41) is 7.79. The molecule has 0 radical (unpaired) electrons. The third kappa shape index (κ3) is 5.34. The average Bonchev–Trinajstić information content (AvgIpc) is 2.58. The van der Waals surface area contributed by atoms with E-state index in [0.717, 1.165) is 22.6 Å². The molecule has 0 fully saturated rings. The van der Waals surface area contributed by atoms with Gasteiger partial charge >= 0.3 is 0 Å². The highest BCUT2D eigenvalue weighted by Crippen LogP contribution is 2.27. The van der Waals surface area contributed by atoms with Crippen molar-refractivity contribution in [2.75, 3.05) is 33.1 Å². The summed E-state index contributed by atoms with van der Waals surface area (Å²) >= 11 is 11.8. The number of nitrogens with one attached hydrogen (secondary N) is 3. The van der Waals surface area contributed by atoms with Gasteiger partial charge in [-0.05, 0) is 67.5 Å². The Morgan fingerprint density at radius 2 is 1.85 bits per heavy atom. The van der Waals surface area contributed by atoms with E-state index in [1.165, 1.54) is 10.5 Å². The van der Waals surface area contributed by atoms with E-state index in [0.29, 0.717) is 16.7 Å². The van der Waals surface area contributed by atoms with Crippen LogP contribution in [0.3, 0.4) is 0 Å². The van der Waals surface area contributed by atoms with Gasteiger partial charge in [0.25, 0.3) is 0 Å². The Balaban J connectivity index is 2.03. The van der Waals surface area contributed by atoms with Gasteiger partial charge in [-0.25, -0.2) is 0 Å². The summed E-state index contributed by atoms with van der Waals surface area (Å²) in [5.41, 5.74) is 4.29. The lowest BCUT2D eigenvalue weighted by Gasteiger charge is -2.23. The van der Waals surface area contributed by atoms with Crippen molar-refractivity contribution in [3.8, 4) is 5.75 Å². The van der Waals surface area contributed by atoms with Gasteiger partial charge in [0.2, 0.25) is 0 Å². The van der Waals surface area contributed by atoms with Crippen LogP contribution in [-0.4, -0.2) is 32.9 Å². The van der Waals surface area contributed by atoms with Crippen LogP contribution < -0.4 is 20.3 Å². The molecule has 0 unspecified atom stereocenters. The van der Waals surface area contributed by atoms with Crippen LogP contribution in [0, 0.1) is 13.8 Å². The van der Waals surface area contributed by atoms with E-state index < -0.39 is 0 Å². The second-order valence-corrected chi connectivity index (χ2v) is 7.49. The van der Waals surface area contributed by atoms with E-state index in [1.54, 1.807) is 7.11 Å². The Bertz CT molecular complexity index is 739. The minimum absolute atomic E-state index is 0.259. The highest BCUT2D eigenvalue weighted by atomic mass is 35.5. The zero-order chi connectivity index (χ0) is 19.3. The lowest BCUT2D eigenvalue weighted by Crippen LogP contribution is -3.07. The maximum Gasteiger partial charge on any atom is 0.171 e. The molecule has 1 atom stereocenters. The molecule has 0 saturated heterocycles. The number of thiocarbonyl (C=S) groups is 1. The van der Waals surface area contributed by atoms with Gasteiger partial charge in [-0.2, -0.15) is 0 Å². The fraction of sp³-hybridized carbons (Fsp3) is 0.350. The average molecular weight is 393 g/mol. The van der Waals surface area contributed by atoms with Gasteiger partial charge in [-0.1, -0.05) is 17.7 Å². The molecule has 2 aromatic rings. The monoisotopic (exact) mass is 392 g/mol. The predicted molar refractivity (Wildman–Crippen MR) is 114 cm³/mol. The summed E-state index contributed by atoms with van der Waals surface area (Å²) < 4.78 is 5.24. The molecule has 0 aromatic heterocycles. The number of hydrogen-bond acceptors (Lipinski definition) is 2. The molecular formula is C20H27ClN3OS+. The van der Waals surface area contributed by atoms with Crippen LogP contribution >= 0.6 is 23.8 Å². The first-order valence-corrected chi connectivity index (χ1v) is 9.36. The number of benzene rings is 2. The first-order chi connectivity index (χ1) is 12.3. The van der Waals surface area contributed by atoms with Gasteiger partial charge in [-0.15, -0.1) is 0 Å². The van der Waals surface area contributed by atoms with Crippen LogP contribution in [0.4, 0.5) is 5.69 Å². The molecule has 0 spiro atoms. The Morgan fingerprint density at radius 3 is 2.38 bits per heavy atom. The summed E-state index contributed by atoms with van der Waals surface area (Å²) in [4.78, 5) is 1.31. The highest BCUT2D eigenvalue weighted by Gasteiger charge is 2.18. The smallest absolute Gasteiger partial charge is 0.171 e. The van der Waals surface area contributed by atoms with Crippen molar-refractivity contribution in [1.82, 2.24) is 5.32 Å². The van der Waals surface area contributed by atoms with E-state index in [-0.39, 0.29) is 6.04 Å². The van der Waals surface area contributed by atoms with E-state index in [4.69, 9.17) is 28.6 Å². The fourth-order valence-corrected chi connectivity index (χ4v) is 3.47. The number of methoxy groups -OCH3 is 1. The maximum atomic E-state index is 6.35.